The molecule has 17 heavy (non-hydrogen) atoms. The fourth-order valence-corrected chi connectivity index (χ4v) is 2.58. The van der Waals surface area contributed by atoms with Crippen LogP contribution in [-0.4, -0.2) is 31.1 Å². The van der Waals surface area contributed by atoms with Crippen LogP contribution >= 0.6 is 0 Å². The minimum absolute atomic E-state index is 0.0821. The Hall–Kier alpha value is -0.930. The van der Waals surface area contributed by atoms with Gasteiger partial charge in [-0.25, -0.2) is 4.39 Å². The Morgan fingerprint density at radius 1 is 1.35 bits per heavy atom. The van der Waals surface area contributed by atoms with Crippen LogP contribution < -0.4 is 5.32 Å². The monoisotopic (exact) mass is 236 g/mol. The van der Waals surface area contributed by atoms with Crippen LogP contribution in [0.15, 0.2) is 24.3 Å². The van der Waals surface area contributed by atoms with E-state index in [0.717, 1.165) is 25.2 Å². The smallest absolute Gasteiger partial charge is 0.127 e. The number of nitrogens with zero attached hydrogens (tertiary/aromatic N) is 1. The highest BCUT2D eigenvalue weighted by Gasteiger charge is 2.22. The third-order valence-corrected chi connectivity index (χ3v) is 3.52. The zero-order valence-electron chi connectivity index (χ0n) is 10.5. The predicted molar refractivity (Wildman–Crippen MR) is 68.4 cm³/mol. The second-order valence-electron chi connectivity index (χ2n) is 4.77. The van der Waals surface area contributed by atoms with Crippen molar-refractivity contribution < 1.29 is 4.39 Å². The summed E-state index contributed by atoms with van der Waals surface area (Å²) in [5.41, 5.74) is 0.815. The molecule has 1 fully saturated rings. The van der Waals surface area contributed by atoms with Gasteiger partial charge in [0.2, 0.25) is 0 Å². The quantitative estimate of drug-likeness (QED) is 0.863. The summed E-state index contributed by atoms with van der Waals surface area (Å²) in [7, 11) is 1.98. The highest BCUT2D eigenvalue weighted by molar-refractivity contribution is 5.17. The molecule has 94 valence electrons. The molecule has 0 bridgehead atoms. The largest absolute Gasteiger partial charge is 0.318 e. The van der Waals surface area contributed by atoms with E-state index in [1.165, 1.54) is 19.3 Å². The van der Waals surface area contributed by atoms with Crippen molar-refractivity contribution in [3.63, 3.8) is 0 Å². The summed E-state index contributed by atoms with van der Waals surface area (Å²) in [6.07, 6.45) is 3.74. The molecule has 2 rings (SSSR count). The van der Waals surface area contributed by atoms with E-state index in [1.807, 2.05) is 19.2 Å². The van der Waals surface area contributed by atoms with Crippen molar-refractivity contribution in [2.45, 2.75) is 31.8 Å². The lowest BCUT2D eigenvalue weighted by Crippen LogP contribution is -2.44. The Bertz CT molecular complexity index is 352. The number of benzene rings is 1. The average molecular weight is 236 g/mol. The normalized spacial score (nSPS) is 21.6. The van der Waals surface area contributed by atoms with E-state index in [4.69, 9.17) is 0 Å². The molecule has 0 aliphatic carbocycles. The first-order valence-electron chi connectivity index (χ1n) is 6.43. The van der Waals surface area contributed by atoms with E-state index < -0.39 is 0 Å². The van der Waals surface area contributed by atoms with Crippen LogP contribution in [0.1, 0.15) is 24.8 Å². The zero-order chi connectivity index (χ0) is 12.1. The number of nitrogens with one attached hydrogen (secondary N) is 1. The van der Waals surface area contributed by atoms with Crippen LogP contribution in [0, 0.1) is 5.82 Å². The molecular formula is C14H21FN2. The van der Waals surface area contributed by atoms with Crippen molar-refractivity contribution in [2.75, 3.05) is 20.1 Å². The van der Waals surface area contributed by atoms with E-state index in [1.54, 1.807) is 12.1 Å². The lowest BCUT2D eigenvalue weighted by Gasteiger charge is -2.35. The number of hydrogen-bond acceptors (Lipinski definition) is 2. The van der Waals surface area contributed by atoms with Crippen molar-refractivity contribution in [1.29, 1.82) is 0 Å². The Labute approximate surface area is 103 Å². The van der Waals surface area contributed by atoms with Gasteiger partial charge in [-0.3, -0.25) is 4.90 Å². The first kappa shape index (κ1) is 12.5. The fraction of sp³-hybridized carbons (Fsp3) is 0.571. The average Bonchev–Trinajstić information content (AvgIpc) is 2.35. The highest BCUT2D eigenvalue weighted by atomic mass is 19.1. The lowest BCUT2D eigenvalue weighted by molar-refractivity contribution is 0.137. The summed E-state index contributed by atoms with van der Waals surface area (Å²) in [6, 6.07) is 7.65. The van der Waals surface area contributed by atoms with Crippen LogP contribution in [0.25, 0.3) is 0 Å². The molecule has 1 aliphatic heterocycles. The summed E-state index contributed by atoms with van der Waals surface area (Å²) in [4.78, 5) is 2.40. The van der Waals surface area contributed by atoms with Crippen LogP contribution in [-0.2, 0) is 6.54 Å². The third-order valence-electron chi connectivity index (χ3n) is 3.52. The van der Waals surface area contributed by atoms with Crippen molar-refractivity contribution in [1.82, 2.24) is 10.2 Å². The van der Waals surface area contributed by atoms with Gasteiger partial charge >= 0.3 is 0 Å². The van der Waals surface area contributed by atoms with Gasteiger partial charge in [-0.05, 0) is 32.5 Å². The second kappa shape index (κ2) is 6.12. The Kier molecular flexibility index (Phi) is 4.51. The van der Waals surface area contributed by atoms with Crippen molar-refractivity contribution in [2.24, 2.45) is 0 Å². The van der Waals surface area contributed by atoms with Crippen molar-refractivity contribution >= 4 is 0 Å². The number of likely N-dealkylation sites (tertiary alicyclic amines) is 1. The molecule has 0 radical (unpaired) electrons. The van der Waals surface area contributed by atoms with Crippen molar-refractivity contribution in [3.05, 3.63) is 35.6 Å². The molecular weight excluding hydrogens is 215 g/mol. The van der Waals surface area contributed by atoms with E-state index in [0.29, 0.717) is 6.04 Å². The summed E-state index contributed by atoms with van der Waals surface area (Å²) >= 11 is 0. The van der Waals surface area contributed by atoms with Gasteiger partial charge in [-0.15, -0.1) is 0 Å². The molecule has 2 nitrogen and oxygen atoms in total. The summed E-state index contributed by atoms with van der Waals surface area (Å²) in [6.45, 7) is 2.81. The molecule has 1 N–H and O–H groups in total. The molecule has 1 atom stereocenters. The number of piperidine rings is 1. The van der Waals surface area contributed by atoms with Crippen LogP contribution in [0.2, 0.25) is 0 Å². The van der Waals surface area contributed by atoms with E-state index in [2.05, 4.69) is 10.2 Å². The van der Waals surface area contributed by atoms with Gasteiger partial charge in [0.15, 0.2) is 0 Å². The molecule has 1 aliphatic rings. The standard InChI is InChI=1S/C14H21FN2/c1-16-10-13-7-4-5-9-17(13)11-12-6-2-3-8-14(12)15/h2-3,6,8,13,16H,4-5,7,9-11H2,1H3. The van der Waals surface area contributed by atoms with Crippen LogP contribution in [0.5, 0.6) is 0 Å². The van der Waals surface area contributed by atoms with Gasteiger partial charge in [-0.1, -0.05) is 24.6 Å². The minimum atomic E-state index is -0.0821. The molecule has 0 aromatic heterocycles. The van der Waals surface area contributed by atoms with E-state index in [9.17, 15) is 4.39 Å². The van der Waals surface area contributed by atoms with Gasteiger partial charge in [-0.2, -0.15) is 0 Å². The van der Waals surface area contributed by atoms with Gasteiger partial charge < -0.3 is 5.32 Å². The maximum atomic E-state index is 13.6. The molecule has 3 heteroatoms. The topological polar surface area (TPSA) is 15.3 Å². The number of halogens is 1. The molecule has 1 saturated heterocycles. The SMILES string of the molecule is CNCC1CCCCN1Cc1ccccc1F. The fourth-order valence-electron chi connectivity index (χ4n) is 2.58. The molecule has 1 unspecified atom stereocenters. The zero-order valence-corrected chi connectivity index (χ0v) is 10.5. The molecule has 0 amide bonds. The maximum Gasteiger partial charge on any atom is 0.127 e. The maximum absolute atomic E-state index is 13.6. The molecule has 1 aromatic carbocycles. The molecule has 1 aromatic rings. The van der Waals surface area contributed by atoms with Gasteiger partial charge in [0.05, 0.1) is 0 Å². The highest BCUT2D eigenvalue weighted by Crippen LogP contribution is 2.20. The minimum Gasteiger partial charge on any atom is -0.318 e. The number of likely N-dealkylation sites (N-methyl/N-ethyl adjacent to an activating group) is 1. The molecule has 1 heterocycles. The van der Waals surface area contributed by atoms with Gasteiger partial charge in [0.1, 0.15) is 5.82 Å². The summed E-state index contributed by atoms with van der Waals surface area (Å²) in [5, 5.41) is 3.23. The van der Waals surface area contributed by atoms with E-state index in [-0.39, 0.29) is 5.82 Å². The number of rotatable bonds is 4. The van der Waals surface area contributed by atoms with Crippen LogP contribution in [0.3, 0.4) is 0 Å². The van der Waals surface area contributed by atoms with Gasteiger partial charge in [0.25, 0.3) is 0 Å². The molecule has 0 saturated carbocycles. The first-order valence-corrected chi connectivity index (χ1v) is 6.43. The Balaban J connectivity index is 2.03. The first-order chi connectivity index (χ1) is 8.31. The third kappa shape index (κ3) is 3.27. The Morgan fingerprint density at radius 3 is 2.94 bits per heavy atom. The van der Waals surface area contributed by atoms with E-state index >= 15 is 0 Å². The summed E-state index contributed by atoms with van der Waals surface area (Å²) in [5.74, 6) is -0.0821. The Morgan fingerprint density at radius 2 is 2.18 bits per heavy atom. The van der Waals surface area contributed by atoms with Crippen LogP contribution in [0.4, 0.5) is 4.39 Å². The van der Waals surface area contributed by atoms with Gasteiger partial charge in [0, 0.05) is 24.7 Å². The second-order valence-corrected chi connectivity index (χ2v) is 4.77. The molecule has 0 spiro atoms. The lowest BCUT2D eigenvalue weighted by atomic mass is 10.0. The summed E-state index contributed by atoms with van der Waals surface area (Å²) < 4.78 is 13.6. The van der Waals surface area contributed by atoms with Crippen molar-refractivity contribution in [3.8, 4) is 0 Å². The predicted octanol–water partition coefficient (Wildman–Crippen LogP) is 2.40. The number of hydrogen-bond donors (Lipinski definition) is 1.